The molecule has 0 saturated heterocycles. The van der Waals surface area contributed by atoms with Crippen molar-refractivity contribution in [2.45, 2.75) is 51.2 Å². The van der Waals surface area contributed by atoms with Crippen molar-refractivity contribution in [1.82, 2.24) is 0 Å². The van der Waals surface area contributed by atoms with Gasteiger partial charge in [0.2, 0.25) is 0 Å². The van der Waals surface area contributed by atoms with Gasteiger partial charge in [-0.05, 0) is 37.5 Å². The van der Waals surface area contributed by atoms with Crippen molar-refractivity contribution >= 4 is 0 Å². The number of hydrogen-bond donors (Lipinski definition) is 1. The Bertz CT molecular complexity index is 793. The first-order valence-corrected chi connectivity index (χ1v) is 8.57. The number of benzene rings is 2. The van der Waals surface area contributed by atoms with E-state index in [0.717, 1.165) is 18.1 Å². The van der Waals surface area contributed by atoms with Crippen LogP contribution < -0.4 is 4.74 Å². The van der Waals surface area contributed by atoms with Crippen LogP contribution in [0.2, 0.25) is 0 Å². The fraction of sp³-hybridized carbons (Fsp3) is 0.400. The monoisotopic (exact) mass is 406 g/mol. The van der Waals surface area contributed by atoms with Gasteiger partial charge in [-0.2, -0.15) is 26.3 Å². The second kappa shape index (κ2) is 7.66. The summed E-state index contributed by atoms with van der Waals surface area (Å²) in [4.78, 5) is 0. The molecule has 1 N–H and O–H groups in total. The number of aryl methyl sites for hydroxylation is 1. The molecule has 0 unspecified atom stereocenters. The van der Waals surface area contributed by atoms with Crippen LogP contribution in [0.4, 0.5) is 26.3 Å². The molecule has 2 aromatic carbocycles. The first kappa shape index (κ1) is 22.1. The lowest BCUT2D eigenvalue weighted by molar-refractivity contribution is -0.376. The number of alkyl halides is 6. The van der Waals surface area contributed by atoms with Crippen LogP contribution >= 0.6 is 0 Å². The molecule has 0 aliphatic heterocycles. The summed E-state index contributed by atoms with van der Waals surface area (Å²) in [6.45, 7) is 5.14. The molecule has 0 aromatic heterocycles. The van der Waals surface area contributed by atoms with Crippen molar-refractivity contribution in [3.8, 4) is 16.9 Å². The zero-order valence-electron chi connectivity index (χ0n) is 15.4. The summed E-state index contributed by atoms with van der Waals surface area (Å²) in [6.07, 6.45) is -11.6. The van der Waals surface area contributed by atoms with E-state index in [1.54, 1.807) is 26.0 Å². The molecule has 0 aliphatic carbocycles. The van der Waals surface area contributed by atoms with Gasteiger partial charge in [0.1, 0.15) is 5.75 Å². The van der Waals surface area contributed by atoms with Gasteiger partial charge in [-0.15, -0.1) is 0 Å². The Labute approximate surface area is 158 Å². The van der Waals surface area contributed by atoms with Crippen LogP contribution in [0.1, 0.15) is 31.9 Å². The molecular weight excluding hydrogens is 386 g/mol. The third-order valence-corrected chi connectivity index (χ3v) is 4.26. The molecule has 0 heterocycles. The van der Waals surface area contributed by atoms with Crippen molar-refractivity contribution in [2.24, 2.45) is 0 Å². The van der Waals surface area contributed by atoms with Crippen LogP contribution in [0.25, 0.3) is 11.1 Å². The summed E-state index contributed by atoms with van der Waals surface area (Å²) >= 11 is 0. The lowest BCUT2D eigenvalue weighted by Gasteiger charge is -2.33. The predicted octanol–water partition coefficient (Wildman–Crippen LogP) is 6.02. The van der Waals surface area contributed by atoms with Crippen molar-refractivity contribution in [3.05, 3.63) is 53.6 Å². The van der Waals surface area contributed by atoms with E-state index in [1.807, 2.05) is 19.1 Å². The highest BCUT2D eigenvalue weighted by molar-refractivity contribution is 5.71. The number of ether oxygens (including phenoxy) is 1. The van der Waals surface area contributed by atoms with Crippen molar-refractivity contribution in [2.75, 3.05) is 0 Å². The van der Waals surface area contributed by atoms with Gasteiger partial charge in [0.15, 0.2) is 0 Å². The summed E-state index contributed by atoms with van der Waals surface area (Å²) in [5.74, 6) is -0.177. The Hall–Kier alpha value is -2.22. The van der Waals surface area contributed by atoms with Crippen LogP contribution in [0.15, 0.2) is 42.5 Å². The van der Waals surface area contributed by atoms with E-state index in [1.165, 1.54) is 0 Å². The number of hydrogen-bond acceptors (Lipinski definition) is 2. The maximum atomic E-state index is 13.2. The van der Waals surface area contributed by atoms with Gasteiger partial charge in [-0.3, -0.25) is 0 Å². The minimum Gasteiger partial charge on any atom is -0.490 e. The van der Waals surface area contributed by atoms with Crippen molar-refractivity contribution in [1.29, 1.82) is 0 Å². The molecule has 154 valence electrons. The van der Waals surface area contributed by atoms with Crippen LogP contribution in [0.3, 0.4) is 0 Å². The smallest absolute Gasteiger partial charge is 0.430 e. The topological polar surface area (TPSA) is 29.5 Å². The largest absolute Gasteiger partial charge is 0.490 e. The minimum atomic E-state index is -5.95. The molecule has 0 aliphatic rings. The molecule has 0 saturated carbocycles. The highest BCUT2D eigenvalue weighted by atomic mass is 19.4. The van der Waals surface area contributed by atoms with Gasteiger partial charge in [-0.1, -0.05) is 43.3 Å². The Morgan fingerprint density at radius 2 is 1.43 bits per heavy atom. The van der Waals surface area contributed by atoms with E-state index < -0.39 is 29.6 Å². The Balaban J connectivity index is 2.66. The highest BCUT2D eigenvalue weighted by Gasteiger charge is 2.71. The van der Waals surface area contributed by atoms with E-state index in [0.29, 0.717) is 23.3 Å². The fourth-order valence-electron chi connectivity index (χ4n) is 2.75. The van der Waals surface area contributed by atoms with Crippen molar-refractivity contribution < 1.29 is 36.2 Å². The van der Waals surface area contributed by atoms with E-state index in [-0.39, 0.29) is 5.75 Å². The molecule has 0 atom stereocenters. The molecule has 0 fully saturated rings. The van der Waals surface area contributed by atoms with Gasteiger partial charge in [0, 0.05) is 11.1 Å². The molecule has 0 bridgehead atoms. The van der Waals surface area contributed by atoms with E-state index in [4.69, 9.17) is 4.74 Å². The van der Waals surface area contributed by atoms with Gasteiger partial charge < -0.3 is 9.84 Å². The molecule has 2 nitrogen and oxygen atoms in total. The molecule has 0 radical (unpaired) electrons. The molecule has 8 heteroatoms. The normalized spacial score (nSPS) is 13.1. The molecule has 2 aromatic rings. The van der Waals surface area contributed by atoms with E-state index in [9.17, 15) is 31.4 Å². The molecule has 28 heavy (non-hydrogen) atoms. The van der Waals surface area contributed by atoms with Gasteiger partial charge in [0.05, 0.1) is 6.10 Å². The lowest BCUT2D eigenvalue weighted by atomic mass is 9.90. The average molecular weight is 406 g/mol. The summed E-state index contributed by atoms with van der Waals surface area (Å²) < 4.78 is 84.5. The van der Waals surface area contributed by atoms with Crippen LogP contribution in [0.5, 0.6) is 5.75 Å². The SMILES string of the molecule is CCc1ccc(-c2ccc(C(O)(C(F)(F)F)C(F)(F)F)cc2OC(C)C)cc1. The third kappa shape index (κ3) is 4.11. The van der Waals surface area contributed by atoms with Gasteiger partial charge in [-0.25, -0.2) is 0 Å². The standard InChI is InChI=1S/C20H20F6O2/c1-4-13-5-7-14(8-6-13)16-10-9-15(11-17(16)28-12(2)3)18(27,19(21,22)23)20(24,25)26/h5-12,27H,4H2,1-3H3. The quantitative estimate of drug-likeness (QED) is 0.616. The predicted molar refractivity (Wildman–Crippen MR) is 93.0 cm³/mol. The summed E-state index contributed by atoms with van der Waals surface area (Å²) in [6, 6.07) is 9.35. The maximum absolute atomic E-state index is 13.2. The average Bonchev–Trinajstić information content (AvgIpc) is 2.58. The number of halogens is 6. The number of rotatable bonds is 5. The van der Waals surface area contributed by atoms with Crippen LogP contribution in [-0.2, 0) is 12.0 Å². The van der Waals surface area contributed by atoms with Crippen LogP contribution in [-0.4, -0.2) is 23.6 Å². The van der Waals surface area contributed by atoms with E-state index >= 15 is 0 Å². The first-order chi connectivity index (χ1) is 12.8. The lowest BCUT2D eigenvalue weighted by Crippen LogP contribution is -2.53. The Morgan fingerprint density at radius 1 is 0.893 bits per heavy atom. The van der Waals surface area contributed by atoms with Gasteiger partial charge >= 0.3 is 12.4 Å². The first-order valence-electron chi connectivity index (χ1n) is 8.57. The summed E-state index contributed by atoms with van der Waals surface area (Å²) in [7, 11) is 0. The van der Waals surface area contributed by atoms with E-state index in [2.05, 4.69) is 0 Å². The van der Waals surface area contributed by atoms with Crippen LogP contribution in [0, 0.1) is 0 Å². The van der Waals surface area contributed by atoms with Gasteiger partial charge in [0.25, 0.3) is 5.60 Å². The molecule has 0 spiro atoms. The minimum absolute atomic E-state index is 0.177. The molecular formula is C20H20F6O2. The summed E-state index contributed by atoms with van der Waals surface area (Å²) in [5, 5.41) is 9.64. The fourth-order valence-corrected chi connectivity index (χ4v) is 2.75. The summed E-state index contributed by atoms with van der Waals surface area (Å²) in [5.41, 5.74) is -4.43. The number of aliphatic hydroxyl groups is 1. The Kier molecular flexibility index (Phi) is 6.04. The Morgan fingerprint density at radius 3 is 1.86 bits per heavy atom. The maximum Gasteiger partial charge on any atom is 0.430 e. The van der Waals surface area contributed by atoms with Crippen molar-refractivity contribution in [3.63, 3.8) is 0 Å². The molecule has 0 amide bonds. The molecule has 2 rings (SSSR count). The zero-order chi connectivity index (χ0) is 21.3. The zero-order valence-corrected chi connectivity index (χ0v) is 15.4. The third-order valence-electron chi connectivity index (χ3n) is 4.26. The second-order valence-electron chi connectivity index (χ2n) is 6.63. The second-order valence-corrected chi connectivity index (χ2v) is 6.63. The highest BCUT2D eigenvalue weighted by Crippen LogP contribution is 2.51.